The second kappa shape index (κ2) is 7.35. The minimum absolute atomic E-state index is 0.224. The van der Waals surface area contributed by atoms with E-state index in [0.29, 0.717) is 18.9 Å². The van der Waals surface area contributed by atoms with Gasteiger partial charge in [-0.15, -0.1) is 22.7 Å². The van der Waals surface area contributed by atoms with Crippen molar-refractivity contribution in [1.29, 1.82) is 0 Å². The van der Waals surface area contributed by atoms with Gasteiger partial charge in [0.25, 0.3) is 0 Å². The van der Waals surface area contributed by atoms with E-state index in [9.17, 15) is 4.79 Å². The quantitative estimate of drug-likeness (QED) is 0.883. The smallest absolute Gasteiger partial charge is 0.228 e. The minimum Gasteiger partial charge on any atom is -0.337 e. The fourth-order valence-corrected chi connectivity index (χ4v) is 4.25. The summed E-state index contributed by atoms with van der Waals surface area (Å²) in [5.41, 5.74) is 2.91. The summed E-state index contributed by atoms with van der Waals surface area (Å²) in [4.78, 5) is 21.4. The lowest BCUT2D eigenvalue weighted by molar-refractivity contribution is -0.131. The van der Waals surface area contributed by atoms with E-state index in [1.54, 1.807) is 22.7 Å². The Labute approximate surface area is 139 Å². The van der Waals surface area contributed by atoms with Gasteiger partial charge in [0.2, 0.25) is 5.91 Å². The molecule has 1 N–H and O–H groups in total. The number of thiazole rings is 1. The number of aryl methyl sites for hydroxylation is 1. The molecule has 1 fully saturated rings. The summed E-state index contributed by atoms with van der Waals surface area (Å²) < 4.78 is 0. The number of rotatable bonds is 6. The number of thiophene rings is 1. The molecule has 0 spiro atoms. The van der Waals surface area contributed by atoms with Gasteiger partial charge in [0.15, 0.2) is 0 Å². The van der Waals surface area contributed by atoms with E-state index in [-0.39, 0.29) is 5.91 Å². The summed E-state index contributed by atoms with van der Waals surface area (Å²) in [6, 6.07) is 4.04. The molecular formula is C16H21N3OS2. The maximum atomic E-state index is 12.7. The first-order valence-electron chi connectivity index (χ1n) is 7.62. The highest BCUT2D eigenvalue weighted by Crippen LogP contribution is 2.19. The molecule has 1 atom stereocenters. The Morgan fingerprint density at radius 3 is 3.05 bits per heavy atom. The molecule has 1 amide bonds. The Kier molecular flexibility index (Phi) is 5.23. The zero-order valence-electron chi connectivity index (χ0n) is 12.7. The SMILES string of the molecule is Cc1ncsc1CN(C[C@@H]1CCNC1)C(=O)Cc1cccs1. The topological polar surface area (TPSA) is 45.2 Å². The highest BCUT2D eigenvalue weighted by molar-refractivity contribution is 7.10. The first-order chi connectivity index (χ1) is 10.7. The van der Waals surface area contributed by atoms with Crippen molar-refractivity contribution >= 4 is 28.6 Å². The second-order valence-electron chi connectivity index (χ2n) is 5.75. The molecule has 1 saturated heterocycles. The predicted octanol–water partition coefficient (Wildman–Crippen LogP) is 2.69. The van der Waals surface area contributed by atoms with Crippen molar-refractivity contribution in [2.45, 2.75) is 26.3 Å². The number of nitrogens with zero attached hydrogens (tertiary/aromatic N) is 2. The fourth-order valence-electron chi connectivity index (χ4n) is 2.76. The molecule has 0 unspecified atom stereocenters. The molecule has 22 heavy (non-hydrogen) atoms. The molecule has 0 saturated carbocycles. The van der Waals surface area contributed by atoms with Crippen LogP contribution in [0, 0.1) is 12.8 Å². The van der Waals surface area contributed by atoms with Gasteiger partial charge in [-0.05, 0) is 43.8 Å². The molecule has 0 radical (unpaired) electrons. The molecular weight excluding hydrogens is 314 g/mol. The Bertz CT molecular complexity index is 603. The van der Waals surface area contributed by atoms with E-state index < -0.39 is 0 Å². The van der Waals surface area contributed by atoms with Gasteiger partial charge >= 0.3 is 0 Å². The molecule has 2 aromatic heterocycles. The van der Waals surface area contributed by atoms with Gasteiger partial charge in [0.1, 0.15) is 0 Å². The van der Waals surface area contributed by atoms with E-state index in [1.807, 2.05) is 34.8 Å². The van der Waals surface area contributed by atoms with Crippen LogP contribution >= 0.6 is 22.7 Å². The van der Waals surface area contributed by atoms with E-state index >= 15 is 0 Å². The first kappa shape index (κ1) is 15.6. The zero-order chi connectivity index (χ0) is 15.4. The van der Waals surface area contributed by atoms with Gasteiger partial charge in [0, 0.05) is 16.3 Å². The lowest BCUT2D eigenvalue weighted by atomic mass is 10.1. The molecule has 0 bridgehead atoms. The third-order valence-corrected chi connectivity index (χ3v) is 5.87. The highest BCUT2D eigenvalue weighted by atomic mass is 32.1. The van der Waals surface area contributed by atoms with Crippen molar-refractivity contribution in [2.75, 3.05) is 19.6 Å². The third-order valence-electron chi connectivity index (χ3n) is 4.08. The average Bonchev–Trinajstić information content (AvgIpc) is 3.22. The Morgan fingerprint density at radius 2 is 2.41 bits per heavy atom. The Morgan fingerprint density at radius 1 is 1.50 bits per heavy atom. The summed E-state index contributed by atoms with van der Waals surface area (Å²) >= 11 is 3.30. The van der Waals surface area contributed by atoms with Crippen LogP contribution in [0.15, 0.2) is 23.0 Å². The van der Waals surface area contributed by atoms with Crippen LogP contribution in [0.5, 0.6) is 0 Å². The van der Waals surface area contributed by atoms with E-state index in [0.717, 1.165) is 36.6 Å². The predicted molar refractivity (Wildman–Crippen MR) is 91.3 cm³/mol. The molecule has 4 nitrogen and oxygen atoms in total. The van der Waals surface area contributed by atoms with Gasteiger partial charge in [-0.3, -0.25) is 4.79 Å². The van der Waals surface area contributed by atoms with Crippen molar-refractivity contribution in [3.05, 3.63) is 38.5 Å². The molecule has 1 aliphatic heterocycles. The van der Waals surface area contributed by atoms with Gasteiger partial charge < -0.3 is 10.2 Å². The molecule has 6 heteroatoms. The van der Waals surface area contributed by atoms with Crippen LogP contribution < -0.4 is 5.32 Å². The van der Waals surface area contributed by atoms with E-state index in [4.69, 9.17) is 0 Å². The minimum atomic E-state index is 0.224. The molecule has 1 aliphatic rings. The number of aromatic nitrogens is 1. The van der Waals surface area contributed by atoms with Gasteiger partial charge in [0.05, 0.1) is 24.2 Å². The van der Waals surface area contributed by atoms with Crippen molar-refractivity contribution in [3.63, 3.8) is 0 Å². The molecule has 3 rings (SSSR count). The number of carbonyl (C=O) groups is 1. The molecule has 118 valence electrons. The first-order valence-corrected chi connectivity index (χ1v) is 9.38. The summed E-state index contributed by atoms with van der Waals surface area (Å²) in [6.07, 6.45) is 1.67. The number of hydrogen-bond donors (Lipinski definition) is 1. The monoisotopic (exact) mass is 335 g/mol. The van der Waals surface area contributed by atoms with Crippen molar-refractivity contribution < 1.29 is 4.79 Å². The number of amides is 1. The normalized spacial score (nSPS) is 17.8. The molecule has 2 aromatic rings. The summed E-state index contributed by atoms with van der Waals surface area (Å²) in [5.74, 6) is 0.794. The molecule has 0 aromatic carbocycles. The van der Waals surface area contributed by atoms with Gasteiger partial charge in [-0.1, -0.05) is 6.07 Å². The summed E-state index contributed by atoms with van der Waals surface area (Å²) in [6.45, 7) is 5.64. The van der Waals surface area contributed by atoms with Gasteiger partial charge in [-0.25, -0.2) is 4.98 Å². The summed E-state index contributed by atoms with van der Waals surface area (Å²) in [5, 5.41) is 5.42. The van der Waals surface area contributed by atoms with Gasteiger partial charge in [-0.2, -0.15) is 0 Å². The standard InChI is InChI=1S/C16H21N3OS2/c1-12-15(22-11-18-12)10-19(9-13-4-5-17-8-13)16(20)7-14-3-2-6-21-14/h2-3,6,11,13,17H,4-5,7-10H2,1H3/t13-/m1/s1. The van der Waals surface area contributed by atoms with Crippen LogP contribution in [0.2, 0.25) is 0 Å². The van der Waals surface area contributed by atoms with Crippen LogP contribution in [0.4, 0.5) is 0 Å². The van der Waals surface area contributed by atoms with Crippen molar-refractivity contribution in [2.24, 2.45) is 5.92 Å². The molecule has 3 heterocycles. The fraction of sp³-hybridized carbons (Fsp3) is 0.500. The Hall–Kier alpha value is -1.24. The average molecular weight is 335 g/mol. The highest BCUT2D eigenvalue weighted by Gasteiger charge is 2.23. The third kappa shape index (κ3) is 3.94. The lowest BCUT2D eigenvalue weighted by Crippen LogP contribution is -2.36. The lowest BCUT2D eigenvalue weighted by Gasteiger charge is -2.25. The Balaban J connectivity index is 1.69. The van der Waals surface area contributed by atoms with Crippen molar-refractivity contribution in [1.82, 2.24) is 15.2 Å². The van der Waals surface area contributed by atoms with Crippen LogP contribution in [0.3, 0.4) is 0 Å². The molecule has 0 aliphatic carbocycles. The van der Waals surface area contributed by atoms with Crippen LogP contribution in [0.25, 0.3) is 0 Å². The van der Waals surface area contributed by atoms with Crippen LogP contribution in [0.1, 0.15) is 21.9 Å². The van der Waals surface area contributed by atoms with E-state index in [2.05, 4.69) is 10.3 Å². The number of carbonyl (C=O) groups excluding carboxylic acids is 1. The van der Waals surface area contributed by atoms with Crippen molar-refractivity contribution in [3.8, 4) is 0 Å². The van der Waals surface area contributed by atoms with E-state index in [1.165, 1.54) is 4.88 Å². The summed E-state index contributed by atoms with van der Waals surface area (Å²) in [7, 11) is 0. The van der Waals surface area contributed by atoms with Crippen LogP contribution in [-0.2, 0) is 17.8 Å². The second-order valence-corrected chi connectivity index (χ2v) is 7.72. The van der Waals surface area contributed by atoms with Crippen LogP contribution in [-0.4, -0.2) is 35.4 Å². The zero-order valence-corrected chi connectivity index (χ0v) is 14.4. The largest absolute Gasteiger partial charge is 0.337 e. The maximum absolute atomic E-state index is 12.7. The number of nitrogens with one attached hydrogen (secondary N) is 1. The maximum Gasteiger partial charge on any atom is 0.228 e. The number of hydrogen-bond acceptors (Lipinski definition) is 5.